The molecule has 1 fully saturated rings. The van der Waals surface area contributed by atoms with E-state index in [9.17, 15) is 5.11 Å². The molecule has 1 atom stereocenters. The summed E-state index contributed by atoms with van der Waals surface area (Å²) in [6.07, 6.45) is 3.43. The smallest absolute Gasteiger partial charge is 0.105 e. The fraction of sp³-hybridized carbons (Fsp3) is 0.333. The second kappa shape index (κ2) is 5.16. The third-order valence-corrected chi connectivity index (χ3v) is 5.23. The first-order valence-corrected chi connectivity index (χ1v) is 7.93. The standard InChI is InChI=1S/C15H15BrOS/c16-14-8-13(9-18-14)15(17)12-6-2-5-11(7-12)10-3-1-4-10/h2,5-10,15,17H,1,3-4H2. The lowest BCUT2D eigenvalue weighted by molar-refractivity contribution is 0.220. The van der Waals surface area contributed by atoms with Crippen molar-refractivity contribution in [3.8, 4) is 0 Å². The number of benzene rings is 1. The van der Waals surface area contributed by atoms with Crippen molar-refractivity contribution in [3.05, 3.63) is 56.2 Å². The van der Waals surface area contributed by atoms with Crippen molar-refractivity contribution in [3.63, 3.8) is 0 Å². The Morgan fingerprint density at radius 3 is 2.67 bits per heavy atom. The van der Waals surface area contributed by atoms with Crippen LogP contribution in [-0.2, 0) is 0 Å². The van der Waals surface area contributed by atoms with E-state index in [1.165, 1.54) is 24.8 Å². The molecule has 1 nitrogen and oxygen atoms in total. The van der Waals surface area contributed by atoms with Crippen LogP contribution in [0.3, 0.4) is 0 Å². The first-order valence-electron chi connectivity index (χ1n) is 6.26. The van der Waals surface area contributed by atoms with Gasteiger partial charge in [-0.25, -0.2) is 0 Å². The Kier molecular flexibility index (Phi) is 3.55. The van der Waals surface area contributed by atoms with Crippen LogP contribution in [0, 0.1) is 0 Å². The normalized spacial score (nSPS) is 17.4. The number of aliphatic hydroxyl groups excluding tert-OH is 1. The maximum absolute atomic E-state index is 10.4. The average Bonchev–Trinajstić information content (AvgIpc) is 2.73. The number of halogens is 1. The Balaban J connectivity index is 1.86. The summed E-state index contributed by atoms with van der Waals surface area (Å²) in [7, 11) is 0. The quantitative estimate of drug-likeness (QED) is 0.855. The van der Waals surface area contributed by atoms with Gasteiger partial charge in [0, 0.05) is 0 Å². The molecule has 18 heavy (non-hydrogen) atoms. The van der Waals surface area contributed by atoms with E-state index in [2.05, 4.69) is 34.1 Å². The van der Waals surface area contributed by atoms with Gasteiger partial charge in [-0.3, -0.25) is 0 Å². The highest BCUT2D eigenvalue weighted by atomic mass is 79.9. The third-order valence-electron chi connectivity index (χ3n) is 3.71. The minimum atomic E-state index is -0.507. The highest BCUT2D eigenvalue weighted by molar-refractivity contribution is 9.11. The summed E-state index contributed by atoms with van der Waals surface area (Å²) in [6.45, 7) is 0. The zero-order valence-corrected chi connectivity index (χ0v) is 12.4. The number of thiophene rings is 1. The van der Waals surface area contributed by atoms with Crippen molar-refractivity contribution < 1.29 is 5.11 Å². The van der Waals surface area contributed by atoms with Crippen molar-refractivity contribution in [1.29, 1.82) is 0 Å². The summed E-state index contributed by atoms with van der Waals surface area (Å²) in [5.74, 6) is 0.714. The SMILES string of the molecule is OC(c1cccc(C2CCC2)c1)c1csc(Br)c1. The van der Waals surface area contributed by atoms with Gasteiger partial charge in [0.15, 0.2) is 0 Å². The van der Waals surface area contributed by atoms with Crippen LogP contribution >= 0.6 is 27.3 Å². The number of hydrogen-bond acceptors (Lipinski definition) is 2. The maximum Gasteiger partial charge on any atom is 0.105 e. The second-order valence-electron chi connectivity index (χ2n) is 4.88. The number of hydrogen-bond donors (Lipinski definition) is 1. The van der Waals surface area contributed by atoms with Gasteiger partial charge in [-0.2, -0.15) is 0 Å². The van der Waals surface area contributed by atoms with Gasteiger partial charge in [-0.05, 0) is 62.8 Å². The van der Waals surface area contributed by atoms with Gasteiger partial charge in [0.25, 0.3) is 0 Å². The Morgan fingerprint density at radius 1 is 1.22 bits per heavy atom. The maximum atomic E-state index is 10.4. The van der Waals surface area contributed by atoms with Gasteiger partial charge in [-0.1, -0.05) is 30.7 Å². The summed E-state index contributed by atoms with van der Waals surface area (Å²) in [4.78, 5) is 0. The molecular formula is C15H15BrOS. The van der Waals surface area contributed by atoms with Gasteiger partial charge in [0.1, 0.15) is 6.10 Å². The molecule has 2 aromatic rings. The molecule has 94 valence electrons. The summed E-state index contributed by atoms with van der Waals surface area (Å²) < 4.78 is 1.06. The molecule has 0 radical (unpaired) electrons. The van der Waals surface area contributed by atoms with Crippen molar-refractivity contribution in [2.45, 2.75) is 31.3 Å². The zero-order chi connectivity index (χ0) is 12.5. The lowest BCUT2D eigenvalue weighted by Crippen LogP contribution is -2.09. The molecule has 0 saturated heterocycles. The molecule has 0 amide bonds. The van der Waals surface area contributed by atoms with Crippen molar-refractivity contribution in [1.82, 2.24) is 0 Å². The Bertz CT molecular complexity index is 545. The molecule has 1 aliphatic carbocycles. The van der Waals surface area contributed by atoms with Crippen LogP contribution in [-0.4, -0.2) is 5.11 Å². The molecule has 0 spiro atoms. The molecule has 3 heteroatoms. The van der Waals surface area contributed by atoms with Gasteiger partial charge in [-0.15, -0.1) is 11.3 Å². The van der Waals surface area contributed by atoms with E-state index in [-0.39, 0.29) is 0 Å². The number of aliphatic hydroxyl groups is 1. The molecule has 3 rings (SSSR count). The summed E-state index contributed by atoms with van der Waals surface area (Å²) in [5, 5.41) is 12.4. The molecule has 1 N–H and O–H groups in total. The molecule has 1 heterocycles. The fourth-order valence-electron chi connectivity index (χ4n) is 2.38. The average molecular weight is 323 g/mol. The molecule has 1 aromatic carbocycles. The molecule has 1 aromatic heterocycles. The first-order chi connectivity index (χ1) is 8.74. The van der Waals surface area contributed by atoms with E-state index in [4.69, 9.17) is 0 Å². The predicted molar refractivity (Wildman–Crippen MR) is 79.1 cm³/mol. The topological polar surface area (TPSA) is 20.2 Å². The second-order valence-corrected chi connectivity index (χ2v) is 7.18. The van der Waals surface area contributed by atoms with Crippen LogP contribution in [0.25, 0.3) is 0 Å². The predicted octanol–water partition coefficient (Wildman–Crippen LogP) is 4.86. The number of rotatable bonds is 3. The van der Waals surface area contributed by atoms with E-state index in [0.717, 1.165) is 14.9 Å². The van der Waals surface area contributed by atoms with Crippen molar-refractivity contribution in [2.75, 3.05) is 0 Å². The van der Waals surface area contributed by atoms with Gasteiger partial charge in [0.05, 0.1) is 3.79 Å². The lowest BCUT2D eigenvalue weighted by Gasteiger charge is -2.26. The molecule has 1 aliphatic rings. The molecule has 1 unspecified atom stereocenters. The Hall–Kier alpha value is -0.640. The highest BCUT2D eigenvalue weighted by Gasteiger charge is 2.20. The summed E-state index contributed by atoms with van der Waals surface area (Å²) in [5.41, 5.74) is 3.36. The summed E-state index contributed by atoms with van der Waals surface area (Å²) in [6, 6.07) is 10.4. The van der Waals surface area contributed by atoms with Crippen LogP contribution in [0.4, 0.5) is 0 Å². The van der Waals surface area contributed by atoms with Crippen LogP contribution in [0.2, 0.25) is 0 Å². The van der Waals surface area contributed by atoms with Crippen molar-refractivity contribution >= 4 is 27.3 Å². The van der Waals surface area contributed by atoms with Crippen LogP contribution < -0.4 is 0 Å². The molecule has 1 saturated carbocycles. The molecule has 0 aliphatic heterocycles. The molecular weight excluding hydrogens is 308 g/mol. The van der Waals surface area contributed by atoms with Gasteiger partial charge in [0.2, 0.25) is 0 Å². The Labute approximate surface area is 120 Å². The van der Waals surface area contributed by atoms with Crippen LogP contribution in [0.5, 0.6) is 0 Å². The third kappa shape index (κ3) is 2.40. The lowest BCUT2D eigenvalue weighted by atomic mass is 9.79. The van der Waals surface area contributed by atoms with Gasteiger partial charge < -0.3 is 5.11 Å². The van der Waals surface area contributed by atoms with Gasteiger partial charge >= 0.3 is 0 Å². The Morgan fingerprint density at radius 2 is 2.06 bits per heavy atom. The van der Waals surface area contributed by atoms with E-state index in [1.54, 1.807) is 11.3 Å². The highest BCUT2D eigenvalue weighted by Crippen LogP contribution is 2.38. The fourth-order valence-corrected chi connectivity index (χ4v) is 3.58. The van der Waals surface area contributed by atoms with Crippen LogP contribution in [0.15, 0.2) is 39.5 Å². The first kappa shape index (κ1) is 12.4. The van der Waals surface area contributed by atoms with Crippen LogP contribution in [0.1, 0.15) is 48.0 Å². The van der Waals surface area contributed by atoms with Crippen molar-refractivity contribution in [2.24, 2.45) is 0 Å². The van der Waals surface area contributed by atoms with E-state index in [0.29, 0.717) is 5.92 Å². The summed E-state index contributed by atoms with van der Waals surface area (Å²) >= 11 is 5.05. The largest absolute Gasteiger partial charge is 0.384 e. The van der Waals surface area contributed by atoms with E-state index < -0.39 is 6.10 Å². The zero-order valence-electron chi connectivity index (χ0n) is 9.97. The van der Waals surface area contributed by atoms with E-state index >= 15 is 0 Å². The minimum Gasteiger partial charge on any atom is -0.384 e. The monoisotopic (exact) mass is 322 g/mol. The minimum absolute atomic E-state index is 0.507. The van der Waals surface area contributed by atoms with E-state index in [1.807, 2.05) is 17.5 Å². The molecule has 0 bridgehead atoms.